The smallest absolute Gasteiger partial charge is 0.335 e. The SMILES string of the molecule is Cc1[nH]n(-c2ccc(Cl)cc2)c(=O)c1N=Nc1cccc(-c2cccc(C(=O)O)c2)c1O. The minimum absolute atomic E-state index is 0.0950. The summed E-state index contributed by atoms with van der Waals surface area (Å²) in [4.78, 5) is 24.0. The quantitative estimate of drug-likeness (QED) is 0.343. The van der Waals surface area contributed by atoms with Crippen LogP contribution in [0.3, 0.4) is 0 Å². The van der Waals surface area contributed by atoms with Gasteiger partial charge in [-0.05, 0) is 55.0 Å². The van der Waals surface area contributed by atoms with Gasteiger partial charge in [0.2, 0.25) is 0 Å². The number of aromatic amines is 1. The molecule has 3 aromatic carbocycles. The number of hydrogen-bond acceptors (Lipinski definition) is 5. The van der Waals surface area contributed by atoms with Gasteiger partial charge < -0.3 is 10.2 Å². The number of H-pyrrole nitrogens is 1. The standard InChI is InChI=1S/C23H17ClN4O4/c1-13-20(22(30)28(27-13)17-10-8-16(24)9-11-17)26-25-19-7-3-6-18(21(19)29)14-4-2-5-15(12-14)23(31)32/h2-12,27,29H,1H3,(H,31,32). The zero-order valence-electron chi connectivity index (χ0n) is 16.8. The molecule has 4 rings (SSSR count). The molecule has 1 heterocycles. The average molecular weight is 449 g/mol. The number of phenolic OH excluding ortho intramolecular Hbond substituents is 1. The number of benzene rings is 3. The molecule has 9 heteroatoms. The molecule has 0 atom stereocenters. The highest BCUT2D eigenvalue weighted by molar-refractivity contribution is 6.30. The van der Waals surface area contributed by atoms with Crippen molar-refractivity contribution in [2.45, 2.75) is 6.92 Å². The number of azo groups is 1. The Morgan fingerprint density at radius 2 is 1.75 bits per heavy atom. The van der Waals surface area contributed by atoms with Gasteiger partial charge in [-0.15, -0.1) is 10.2 Å². The molecular formula is C23H17ClN4O4. The number of nitrogens with one attached hydrogen (secondary N) is 1. The summed E-state index contributed by atoms with van der Waals surface area (Å²) in [6.45, 7) is 1.69. The Hall–Kier alpha value is -4.17. The van der Waals surface area contributed by atoms with E-state index in [1.54, 1.807) is 61.5 Å². The molecule has 160 valence electrons. The molecule has 0 aliphatic heterocycles. The van der Waals surface area contributed by atoms with Gasteiger partial charge in [-0.2, -0.15) is 0 Å². The number of halogens is 1. The van der Waals surface area contributed by atoms with Gasteiger partial charge in [0.1, 0.15) is 5.69 Å². The highest BCUT2D eigenvalue weighted by Crippen LogP contribution is 2.38. The monoisotopic (exact) mass is 448 g/mol. The van der Waals surface area contributed by atoms with E-state index in [1.165, 1.54) is 16.8 Å². The van der Waals surface area contributed by atoms with E-state index in [2.05, 4.69) is 15.3 Å². The fourth-order valence-electron chi connectivity index (χ4n) is 3.20. The van der Waals surface area contributed by atoms with Crippen molar-refractivity contribution in [3.8, 4) is 22.6 Å². The topological polar surface area (TPSA) is 120 Å². The zero-order chi connectivity index (χ0) is 22.8. The number of phenols is 1. The van der Waals surface area contributed by atoms with Gasteiger partial charge in [-0.3, -0.25) is 9.89 Å². The molecule has 0 saturated carbocycles. The Bertz CT molecular complexity index is 1400. The van der Waals surface area contributed by atoms with E-state index in [9.17, 15) is 19.8 Å². The molecule has 8 nitrogen and oxygen atoms in total. The fraction of sp³-hybridized carbons (Fsp3) is 0.0435. The van der Waals surface area contributed by atoms with E-state index >= 15 is 0 Å². The zero-order valence-corrected chi connectivity index (χ0v) is 17.5. The van der Waals surface area contributed by atoms with Gasteiger partial charge in [-0.1, -0.05) is 35.9 Å². The summed E-state index contributed by atoms with van der Waals surface area (Å²) in [6.07, 6.45) is 0. The molecule has 0 unspecified atom stereocenters. The molecule has 0 spiro atoms. The number of aryl methyl sites for hydroxylation is 1. The summed E-state index contributed by atoms with van der Waals surface area (Å²) in [6, 6.07) is 17.8. The number of rotatable bonds is 5. The average Bonchev–Trinajstić information content (AvgIpc) is 3.07. The van der Waals surface area contributed by atoms with E-state index in [4.69, 9.17) is 11.6 Å². The lowest BCUT2D eigenvalue weighted by molar-refractivity contribution is 0.0697. The molecule has 0 saturated heterocycles. The summed E-state index contributed by atoms with van der Waals surface area (Å²) >= 11 is 5.91. The number of carboxylic acid groups (broad SMARTS) is 1. The molecule has 0 aliphatic carbocycles. The number of para-hydroxylation sites is 1. The van der Waals surface area contributed by atoms with Crippen molar-refractivity contribution in [1.29, 1.82) is 0 Å². The lowest BCUT2D eigenvalue weighted by Gasteiger charge is -2.07. The second-order valence-corrected chi connectivity index (χ2v) is 7.40. The van der Waals surface area contributed by atoms with Crippen LogP contribution in [0.25, 0.3) is 16.8 Å². The van der Waals surface area contributed by atoms with Crippen molar-refractivity contribution >= 4 is 28.9 Å². The number of aromatic nitrogens is 2. The molecule has 4 aromatic rings. The van der Waals surface area contributed by atoms with Crippen LogP contribution < -0.4 is 5.56 Å². The van der Waals surface area contributed by atoms with E-state index in [0.29, 0.717) is 27.5 Å². The third kappa shape index (κ3) is 4.03. The summed E-state index contributed by atoms with van der Waals surface area (Å²) in [5.74, 6) is -1.24. The fourth-order valence-corrected chi connectivity index (χ4v) is 3.32. The van der Waals surface area contributed by atoms with E-state index < -0.39 is 11.5 Å². The first-order chi connectivity index (χ1) is 15.3. The van der Waals surface area contributed by atoms with Gasteiger partial charge in [0.25, 0.3) is 5.56 Å². The number of aromatic hydroxyl groups is 1. The highest BCUT2D eigenvalue weighted by Gasteiger charge is 2.14. The maximum atomic E-state index is 12.8. The first kappa shape index (κ1) is 21.1. The molecular weight excluding hydrogens is 432 g/mol. The van der Waals surface area contributed by atoms with Crippen molar-refractivity contribution in [2.75, 3.05) is 0 Å². The van der Waals surface area contributed by atoms with Gasteiger partial charge in [0.05, 0.1) is 16.9 Å². The van der Waals surface area contributed by atoms with Crippen LogP contribution in [-0.4, -0.2) is 26.0 Å². The van der Waals surface area contributed by atoms with Gasteiger partial charge in [-0.25, -0.2) is 9.48 Å². The number of aromatic carboxylic acids is 1. The molecule has 0 bridgehead atoms. The summed E-state index contributed by atoms with van der Waals surface area (Å²) in [5.41, 5.74) is 1.93. The minimum Gasteiger partial charge on any atom is -0.505 e. The number of carbonyl (C=O) groups is 1. The predicted molar refractivity (Wildman–Crippen MR) is 121 cm³/mol. The van der Waals surface area contributed by atoms with Crippen LogP contribution in [0.4, 0.5) is 11.4 Å². The molecule has 0 aliphatic rings. The van der Waals surface area contributed by atoms with Crippen LogP contribution in [0.15, 0.2) is 81.8 Å². The Morgan fingerprint density at radius 3 is 2.47 bits per heavy atom. The third-order valence-corrected chi connectivity index (χ3v) is 5.07. The lowest BCUT2D eigenvalue weighted by atomic mass is 10.0. The summed E-state index contributed by atoms with van der Waals surface area (Å²) in [5, 5.41) is 31.5. The normalized spacial score (nSPS) is 11.2. The first-order valence-corrected chi connectivity index (χ1v) is 9.88. The van der Waals surface area contributed by atoms with Gasteiger partial charge >= 0.3 is 5.97 Å². The second-order valence-electron chi connectivity index (χ2n) is 6.96. The molecule has 0 radical (unpaired) electrons. The largest absolute Gasteiger partial charge is 0.505 e. The van der Waals surface area contributed by atoms with Crippen molar-refractivity contribution in [3.05, 3.63) is 93.4 Å². The van der Waals surface area contributed by atoms with Gasteiger partial charge in [0.15, 0.2) is 11.4 Å². The van der Waals surface area contributed by atoms with Crippen LogP contribution in [0.2, 0.25) is 5.02 Å². The Balaban J connectivity index is 1.70. The highest BCUT2D eigenvalue weighted by atomic mass is 35.5. The summed E-state index contributed by atoms with van der Waals surface area (Å²) in [7, 11) is 0. The minimum atomic E-state index is -1.07. The first-order valence-electron chi connectivity index (χ1n) is 9.50. The van der Waals surface area contributed by atoms with E-state index in [1.807, 2.05) is 0 Å². The molecule has 3 N–H and O–H groups in total. The molecule has 1 aromatic heterocycles. The van der Waals surface area contributed by atoms with Crippen molar-refractivity contribution in [3.63, 3.8) is 0 Å². The summed E-state index contributed by atoms with van der Waals surface area (Å²) < 4.78 is 1.33. The number of hydrogen-bond donors (Lipinski definition) is 3. The number of carboxylic acids is 1. The molecule has 0 amide bonds. The van der Waals surface area contributed by atoms with E-state index in [0.717, 1.165) is 0 Å². The second kappa shape index (κ2) is 8.52. The maximum Gasteiger partial charge on any atom is 0.335 e. The van der Waals surface area contributed by atoms with Crippen LogP contribution in [0.1, 0.15) is 16.1 Å². The van der Waals surface area contributed by atoms with Crippen molar-refractivity contribution in [1.82, 2.24) is 9.78 Å². The van der Waals surface area contributed by atoms with Crippen LogP contribution in [-0.2, 0) is 0 Å². The van der Waals surface area contributed by atoms with Crippen LogP contribution in [0, 0.1) is 6.92 Å². The molecule has 32 heavy (non-hydrogen) atoms. The Kier molecular flexibility index (Phi) is 5.61. The Morgan fingerprint density at radius 1 is 1.03 bits per heavy atom. The van der Waals surface area contributed by atoms with Crippen molar-refractivity contribution in [2.24, 2.45) is 10.2 Å². The number of nitrogens with zero attached hydrogens (tertiary/aromatic N) is 3. The molecule has 0 fully saturated rings. The Labute approximate surface area is 187 Å². The maximum absolute atomic E-state index is 12.8. The van der Waals surface area contributed by atoms with Gasteiger partial charge in [0, 0.05) is 10.6 Å². The van der Waals surface area contributed by atoms with Crippen molar-refractivity contribution < 1.29 is 15.0 Å². The van der Waals surface area contributed by atoms with E-state index in [-0.39, 0.29) is 22.7 Å². The lowest BCUT2D eigenvalue weighted by Crippen LogP contribution is -2.13. The van der Waals surface area contributed by atoms with Crippen LogP contribution in [0.5, 0.6) is 5.75 Å². The third-order valence-electron chi connectivity index (χ3n) is 4.82. The van der Waals surface area contributed by atoms with Crippen LogP contribution >= 0.6 is 11.6 Å². The predicted octanol–water partition coefficient (Wildman–Crippen LogP) is 5.61.